The number of imidazole rings is 1. The number of anilines is 2. The molecule has 1 saturated heterocycles. The normalized spacial score (nSPS) is 18.9. The van der Waals surface area contributed by atoms with Crippen LogP contribution in [0.2, 0.25) is 0 Å². The summed E-state index contributed by atoms with van der Waals surface area (Å²) in [6.07, 6.45) is 3.62. The minimum Gasteiger partial charge on any atom is -0.367 e. The first-order chi connectivity index (χ1) is 15.4. The Hall–Kier alpha value is -3.52. The van der Waals surface area contributed by atoms with Crippen LogP contribution < -0.4 is 15.5 Å². The molecule has 1 fully saturated rings. The van der Waals surface area contributed by atoms with E-state index in [-0.39, 0.29) is 5.91 Å². The number of aryl methyl sites for hydroxylation is 2. The van der Waals surface area contributed by atoms with Crippen LogP contribution in [0.3, 0.4) is 0 Å². The molecule has 1 aromatic carbocycles. The minimum atomic E-state index is -0.260. The molecule has 164 valence electrons. The molecular weight excluding hydrogens is 402 g/mol. The van der Waals surface area contributed by atoms with Crippen molar-refractivity contribution in [1.82, 2.24) is 24.9 Å². The van der Waals surface area contributed by atoms with Gasteiger partial charge in [0.25, 0.3) is 5.91 Å². The lowest BCUT2D eigenvalue weighted by atomic mass is 10.1. The van der Waals surface area contributed by atoms with Crippen LogP contribution in [-0.2, 0) is 0 Å². The van der Waals surface area contributed by atoms with Crippen LogP contribution in [0.15, 0.2) is 42.7 Å². The van der Waals surface area contributed by atoms with E-state index in [2.05, 4.69) is 50.5 Å². The van der Waals surface area contributed by atoms with Gasteiger partial charge in [0.2, 0.25) is 0 Å². The summed E-state index contributed by atoms with van der Waals surface area (Å²) in [5.74, 6) is -0.260. The summed E-state index contributed by atoms with van der Waals surface area (Å²) >= 11 is 0. The fourth-order valence-corrected chi connectivity index (χ4v) is 4.59. The van der Waals surface area contributed by atoms with Crippen molar-refractivity contribution in [2.24, 2.45) is 0 Å². The zero-order valence-electron chi connectivity index (χ0n) is 18.8. The van der Waals surface area contributed by atoms with Gasteiger partial charge in [-0.15, -0.1) is 0 Å². The molecule has 0 aliphatic carbocycles. The Morgan fingerprint density at radius 2 is 1.94 bits per heavy atom. The average Bonchev–Trinajstić information content (AvgIpc) is 3.14. The highest BCUT2D eigenvalue weighted by atomic mass is 16.1. The van der Waals surface area contributed by atoms with Gasteiger partial charge in [0.1, 0.15) is 5.69 Å². The number of aromatic nitrogens is 4. The number of hydrogen-bond acceptors (Lipinski definition) is 6. The number of pyridine rings is 1. The molecule has 3 aromatic heterocycles. The molecule has 2 N–H and O–H groups in total. The molecule has 1 amide bonds. The van der Waals surface area contributed by atoms with E-state index in [0.29, 0.717) is 17.8 Å². The van der Waals surface area contributed by atoms with Crippen LogP contribution in [0.5, 0.6) is 0 Å². The van der Waals surface area contributed by atoms with Crippen molar-refractivity contribution in [1.29, 1.82) is 0 Å². The summed E-state index contributed by atoms with van der Waals surface area (Å²) in [5.41, 5.74) is 5.57. The average molecular weight is 430 g/mol. The number of hydrogen-bond donors (Lipinski definition) is 2. The van der Waals surface area contributed by atoms with Crippen molar-refractivity contribution >= 4 is 33.8 Å². The summed E-state index contributed by atoms with van der Waals surface area (Å²) < 4.78 is 1.66. The first-order valence-corrected chi connectivity index (χ1v) is 10.9. The second-order valence-electron chi connectivity index (χ2n) is 8.72. The van der Waals surface area contributed by atoms with Crippen molar-refractivity contribution in [3.63, 3.8) is 0 Å². The second-order valence-corrected chi connectivity index (χ2v) is 8.72. The molecule has 0 saturated carbocycles. The number of fused-ring (bicyclic) bond motifs is 2. The SMILES string of the molecule is Cc1cn2nc(C(=O)Nc3ccc(N4C[C@@H](C)N[C@@H](C)C4)c4ncccc34)cc(C)c2n1. The van der Waals surface area contributed by atoms with Gasteiger partial charge < -0.3 is 15.5 Å². The number of nitrogens with zero attached hydrogens (tertiary/aromatic N) is 5. The standard InChI is InChI=1S/C24H27N7O/c1-14-10-20(29-31-13-17(4)27-23(14)31)24(32)28-19-7-8-21(22-18(19)6-5-9-25-22)30-11-15(2)26-16(3)12-30/h5-10,13,15-16,26H,11-12H2,1-4H3,(H,28,32)/t15-,16+. The quantitative estimate of drug-likeness (QED) is 0.519. The summed E-state index contributed by atoms with van der Waals surface area (Å²) in [7, 11) is 0. The fraction of sp³-hybridized carbons (Fsp3) is 0.333. The maximum Gasteiger partial charge on any atom is 0.276 e. The van der Waals surface area contributed by atoms with Crippen molar-refractivity contribution in [3.05, 3.63) is 59.7 Å². The first kappa shape index (κ1) is 20.4. The largest absolute Gasteiger partial charge is 0.367 e. The van der Waals surface area contributed by atoms with Crippen LogP contribution in [-0.4, -0.2) is 50.7 Å². The van der Waals surface area contributed by atoms with Crippen LogP contribution in [0.1, 0.15) is 35.6 Å². The molecule has 32 heavy (non-hydrogen) atoms. The summed E-state index contributed by atoms with van der Waals surface area (Å²) in [6, 6.07) is 10.5. The Morgan fingerprint density at radius 1 is 1.16 bits per heavy atom. The highest BCUT2D eigenvalue weighted by molar-refractivity contribution is 6.09. The predicted octanol–water partition coefficient (Wildman–Crippen LogP) is 3.33. The lowest BCUT2D eigenvalue weighted by molar-refractivity contribution is 0.102. The van der Waals surface area contributed by atoms with Crippen molar-refractivity contribution in [3.8, 4) is 0 Å². The van der Waals surface area contributed by atoms with E-state index in [9.17, 15) is 4.79 Å². The van der Waals surface area contributed by atoms with E-state index in [1.807, 2.05) is 38.2 Å². The van der Waals surface area contributed by atoms with Gasteiger partial charge >= 0.3 is 0 Å². The number of rotatable bonds is 3. The second kappa shape index (κ2) is 7.87. The van der Waals surface area contributed by atoms with Gasteiger partial charge in [0.05, 0.1) is 28.8 Å². The molecule has 8 nitrogen and oxygen atoms in total. The van der Waals surface area contributed by atoms with Gasteiger partial charge in [0.15, 0.2) is 5.65 Å². The molecule has 4 heterocycles. The van der Waals surface area contributed by atoms with Gasteiger partial charge in [-0.1, -0.05) is 0 Å². The van der Waals surface area contributed by atoms with Gasteiger partial charge in [0, 0.05) is 36.8 Å². The van der Waals surface area contributed by atoms with Gasteiger partial charge in [-0.05, 0) is 63.6 Å². The topological polar surface area (TPSA) is 87.5 Å². The van der Waals surface area contributed by atoms with Crippen LogP contribution >= 0.6 is 0 Å². The summed E-state index contributed by atoms with van der Waals surface area (Å²) in [6.45, 7) is 10.1. The number of carbonyl (C=O) groups excluding carboxylic acids is 1. The number of benzene rings is 1. The smallest absolute Gasteiger partial charge is 0.276 e. The monoisotopic (exact) mass is 429 g/mol. The molecule has 4 aromatic rings. The molecule has 0 unspecified atom stereocenters. The maximum absolute atomic E-state index is 13.1. The third-order valence-electron chi connectivity index (χ3n) is 5.86. The molecule has 1 aliphatic rings. The Labute approximate surface area is 186 Å². The van der Waals surface area contributed by atoms with Crippen molar-refractivity contribution in [2.45, 2.75) is 39.8 Å². The van der Waals surface area contributed by atoms with E-state index in [4.69, 9.17) is 0 Å². The first-order valence-electron chi connectivity index (χ1n) is 10.9. The molecule has 0 spiro atoms. The zero-order valence-corrected chi connectivity index (χ0v) is 18.8. The predicted molar refractivity (Wildman–Crippen MR) is 126 cm³/mol. The van der Waals surface area contributed by atoms with E-state index < -0.39 is 0 Å². The minimum absolute atomic E-state index is 0.260. The van der Waals surface area contributed by atoms with Gasteiger partial charge in [-0.25, -0.2) is 9.50 Å². The van der Waals surface area contributed by atoms with E-state index in [0.717, 1.165) is 52.3 Å². The van der Waals surface area contributed by atoms with Gasteiger partial charge in [-0.2, -0.15) is 5.10 Å². The molecule has 2 atom stereocenters. The fourth-order valence-electron chi connectivity index (χ4n) is 4.59. The highest BCUT2D eigenvalue weighted by Gasteiger charge is 2.23. The molecule has 1 aliphatic heterocycles. The maximum atomic E-state index is 13.1. The number of carbonyl (C=O) groups is 1. The molecule has 5 rings (SSSR count). The van der Waals surface area contributed by atoms with E-state index >= 15 is 0 Å². The lowest BCUT2D eigenvalue weighted by Gasteiger charge is -2.38. The Bertz CT molecular complexity index is 1320. The number of amides is 1. The Kier molecular flexibility index (Phi) is 5.01. The lowest BCUT2D eigenvalue weighted by Crippen LogP contribution is -2.54. The third-order valence-corrected chi connectivity index (χ3v) is 5.86. The summed E-state index contributed by atoms with van der Waals surface area (Å²) in [5, 5.41) is 12.0. The van der Waals surface area contributed by atoms with Crippen molar-refractivity contribution in [2.75, 3.05) is 23.3 Å². The molecular formula is C24H27N7O. The molecule has 8 heteroatoms. The van der Waals surface area contributed by atoms with Crippen LogP contribution in [0, 0.1) is 13.8 Å². The molecule has 0 bridgehead atoms. The van der Waals surface area contributed by atoms with Crippen LogP contribution in [0.4, 0.5) is 11.4 Å². The Morgan fingerprint density at radius 3 is 2.72 bits per heavy atom. The van der Waals surface area contributed by atoms with Gasteiger partial charge in [-0.3, -0.25) is 9.78 Å². The van der Waals surface area contributed by atoms with E-state index in [1.165, 1.54) is 0 Å². The highest BCUT2D eigenvalue weighted by Crippen LogP contribution is 2.32. The number of piperazine rings is 1. The Balaban J connectivity index is 1.49. The third kappa shape index (κ3) is 3.67. The molecule has 0 radical (unpaired) electrons. The summed E-state index contributed by atoms with van der Waals surface area (Å²) in [4.78, 5) is 24.6. The van der Waals surface area contributed by atoms with Crippen LogP contribution in [0.25, 0.3) is 16.6 Å². The number of nitrogens with one attached hydrogen (secondary N) is 2. The van der Waals surface area contributed by atoms with Crippen molar-refractivity contribution < 1.29 is 4.79 Å². The zero-order chi connectivity index (χ0) is 22.4. The van der Waals surface area contributed by atoms with E-state index in [1.54, 1.807) is 16.8 Å².